The van der Waals surface area contributed by atoms with Crippen molar-refractivity contribution in [2.75, 3.05) is 0 Å². The van der Waals surface area contributed by atoms with Gasteiger partial charge in [0.05, 0.1) is 10.2 Å². The topological polar surface area (TPSA) is 15.8 Å². The smallest absolute Gasteiger partial charge is 0.0661 e. The highest BCUT2D eigenvalue weighted by atomic mass is 32.1. The number of para-hydroxylation sites is 1. The number of aromatic amines is 1. The van der Waals surface area contributed by atoms with Crippen LogP contribution in [-0.2, 0) is 0 Å². The molecule has 2 aromatic heterocycles. The third-order valence-corrected chi connectivity index (χ3v) is 6.25. The van der Waals surface area contributed by atoms with E-state index in [0.717, 1.165) is 0 Å². The van der Waals surface area contributed by atoms with Gasteiger partial charge in [0.2, 0.25) is 0 Å². The van der Waals surface area contributed by atoms with E-state index >= 15 is 0 Å². The fourth-order valence-corrected chi connectivity index (χ4v) is 5.31. The van der Waals surface area contributed by atoms with E-state index in [4.69, 9.17) is 0 Å². The molecule has 0 bridgehead atoms. The van der Waals surface area contributed by atoms with Crippen molar-refractivity contribution >= 4 is 64.1 Å². The SMILES string of the molecule is c1ccc2c(c1)[nH]c1c2sc2c3ccccc3c3ccccc3c12. The fourth-order valence-electron chi connectivity index (χ4n) is 3.96. The fraction of sp³-hybridized carbons (Fsp3) is 0. The molecule has 0 aliphatic carbocycles. The second kappa shape index (κ2) is 4.37. The van der Waals surface area contributed by atoms with Crippen LogP contribution < -0.4 is 0 Å². The van der Waals surface area contributed by atoms with Gasteiger partial charge >= 0.3 is 0 Å². The second-order valence-electron chi connectivity index (χ2n) is 6.27. The molecule has 2 heterocycles. The van der Waals surface area contributed by atoms with Crippen molar-refractivity contribution in [3.63, 3.8) is 0 Å². The van der Waals surface area contributed by atoms with Crippen molar-refractivity contribution in [1.82, 2.24) is 4.98 Å². The van der Waals surface area contributed by atoms with Gasteiger partial charge in [0, 0.05) is 26.4 Å². The Labute approximate surface area is 142 Å². The van der Waals surface area contributed by atoms with Crippen LogP contribution >= 0.6 is 11.3 Å². The highest BCUT2D eigenvalue weighted by molar-refractivity contribution is 7.27. The summed E-state index contributed by atoms with van der Waals surface area (Å²) < 4.78 is 2.75. The van der Waals surface area contributed by atoms with Crippen molar-refractivity contribution < 1.29 is 0 Å². The molecule has 112 valence electrons. The Bertz CT molecular complexity index is 1400. The maximum Gasteiger partial charge on any atom is 0.0661 e. The molecule has 0 saturated carbocycles. The quantitative estimate of drug-likeness (QED) is 0.294. The van der Waals surface area contributed by atoms with Crippen molar-refractivity contribution in [2.24, 2.45) is 0 Å². The maximum absolute atomic E-state index is 3.67. The van der Waals surface area contributed by atoms with E-state index in [2.05, 4.69) is 77.8 Å². The lowest BCUT2D eigenvalue weighted by Crippen LogP contribution is -1.79. The first kappa shape index (κ1) is 12.6. The van der Waals surface area contributed by atoms with Crippen LogP contribution in [0, 0.1) is 0 Å². The number of hydrogen-bond donors (Lipinski definition) is 1. The zero-order valence-electron chi connectivity index (χ0n) is 12.8. The lowest BCUT2D eigenvalue weighted by Gasteiger charge is -2.06. The molecule has 0 fully saturated rings. The summed E-state index contributed by atoms with van der Waals surface area (Å²) in [5, 5.41) is 8.05. The number of H-pyrrole nitrogens is 1. The molecule has 0 radical (unpaired) electrons. The van der Waals surface area contributed by atoms with Crippen LogP contribution in [0.1, 0.15) is 0 Å². The van der Waals surface area contributed by atoms with E-state index < -0.39 is 0 Å². The van der Waals surface area contributed by atoms with E-state index in [1.807, 2.05) is 11.3 Å². The van der Waals surface area contributed by atoms with E-state index in [9.17, 15) is 0 Å². The van der Waals surface area contributed by atoms with E-state index in [-0.39, 0.29) is 0 Å². The van der Waals surface area contributed by atoms with Gasteiger partial charge in [0.1, 0.15) is 0 Å². The Kier molecular flexibility index (Phi) is 2.29. The summed E-state index contributed by atoms with van der Waals surface area (Å²) >= 11 is 1.91. The first-order valence-corrected chi connectivity index (χ1v) is 8.96. The van der Waals surface area contributed by atoms with Gasteiger partial charge < -0.3 is 4.98 Å². The molecular weight excluding hydrogens is 310 g/mol. The Morgan fingerprint density at radius 1 is 0.542 bits per heavy atom. The molecule has 0 aliphatic heterocycles. The van der Waals surface area contributed by atoms with Crippen LogP contribution in [0.4, 0.5) is 0 Å². The molecule has 4 aromatic carbocycles. The van der Waals surface area contributed by atoms with E-state index in [1.54, 1.807) is 0 Å². The van der Waals surface area contributed by atoms with Crippen LogP contribution in [0.15, 0.2) is 72.8 Å². The van der Waals surface area contributed by atoms with Gasteiger partial charge in [0.15, 0.2) is 0 Å². The van der Waals surface area contributed by atoms with Crippen LogP contribution in [-0.4, -0.2) is 4.98 Å². The van der Waals surface area contributed by atoms with Gasteiger partial charge in [-0.1, -0.05) is 66.7 Å². The molecule has 24 heavy (non-hydrogen) atoms. The molecule has 0 unspecified atom stereocenters. The first-order valence-electron chi connectivity index (χ1n) is 8.14. The lowest BCUT2D eigenvalue weighted by atomic mass is 9.98. The predicted octanol–water partition coefficient (Wildman–Crippen LogP) is 6.84. The van der Waals surface area contributed by atoms with Crippen molar-refractivity contribution in [3.8, 4) is 0 Å². The van der Waals surface area contributed by atoms with Gasteiger partial charge in [-0.15, -0.1) is 11.3 Å². The summed E-state index contributed by atoms with van der Waals surface area (Å²) in [4.78, 5) is 3.67. The van der Waals surface area contributed by atoms with Gasteiger partial charge in [-0.05, 0) is 22.2 Å². The van der Waals surface area contributed by atoms with Crippen molar-refractivity contribution in [3.05, 3.63) is 72.8 Å². The average Bonchev–Trinajstić information content (AvgIpc) is 3.18. The third kappa shape index (κ3) is 1.44. The Morgan fingerprint density at radius 2 is 1.12 bits per heavy atom. The Balaban J connectivity index is 2.02. The van der Waals surface area contributed by atoms with Crippen LogP contribution in [0.25, 0.3) is 52.8 Å². The zero-order chi connectivity index (χ0) is 15.7. The van der Waals surface area contributed by atoms with Crippen LogP contribution in [0.5, 0.6) is 0 Å². The summed E-state index contributed by atoms with van der Waals surface area (Å²) in [5.41, 5.74) is 2.50. The number of hydrogen-bond acceptors (Lipinski definition) is 1. The Morgan fingerprint density at radius 3 is 1.92 bits per heavy atom. The zero-order valence-corrected chi connectivity index (χ0v) is 13.7. The maximum atomic E-state index is 3.67. The highest BCUT2D eigenvalue weighted by Crippen LogP contribution is 2.45. The van der Waals surface area contributed by atoms with Crippen LogP contribution in [0.2, 0.25) is 0 Å². The minimum absolute atomic E-state index is 1.22. The summed E-state index contributed by atoms with van der Waals surface area (Å²) in [6.45, 7) is 0. The van der Waals surface area contributed by atoms with E-state index in [0.29, 0.717) is 0 Å². The number of fused-ring (bicyclic) bond motifs is 10. The molecule has 1 N–H and O–H groups in total. The number of nitrogens with one attached hydrogen (secondary N) is 1. The van der Waals surface area contributed by atoms with Gasteiger partial charge in [-0.3, -0.25) is 0 Å². The molecule has 0 saturated heterocycles. The predicted molar refractivity (Wildman–Crippen MR) is 106 cm³/mol. The molecule has 0 aliphatic rings. The summed E-state index contributed by atoms with van der Waals surface area (Å²) in [7, 11) is 0. The number of thiophene rings is 1. The number of rotatable bonds is 0. The molecule has 2 heteroatoms. The molecular formula is C22H13NS. The molecule has 0 spiro atoms. The van der Waals surface area contributed by atoms with E-state index in [1.165, 1.54) is 52.8 Å². The molecule has 0 atom stereocenters. The highest BCUT2D eigenvalue weighted by Gasteiger charge is 2.16. The van der Waals surface area contributed by atoms with Gasteiger partial charge in [-0.2, -0.15) is 0 Å². The minimum Gasteiger partial charge on any atom is -0.353 e. The number of aromatic nitrogens is 1. The van der Waals surface area contributed by atoms with Crippen molar-refractivity contribution in [2.45, 2.75) is 0 Å². The Hall–Kier alpha value is -2.84. The third-order valence-electron chi connectivity index (χ3n) is 5.00. The average molecular weight is 323 g/mol. The first-order chi connectivity index (χ1) is 11.9. The van der Waals surface area contributed by atoms with Gasteiger partial charge in [-0.25, -0.2) is 0 Å². The molecule has 0 amide bonds. The monoisotopic (exact) mass is 323 g/mol. The number of benzene rings is 4. The molecule has 6 rings (SSSR count). The summed E-state index contributed by atoms with van der Waals surface area (Å²) in [6.07, 6.45) is 0. The largest absolute Gasteiger partial charge is 0.353 e. The molecule has 6 aromatic rings. The van der Waals surface area contributed by atoms with Crippen molar-refractivity contribution in [1.29, 1.82) is 0 Å². The minimum atomic E-state index is 1.22. The summed E-state index contributed by atoms with van der Waals surface area (Å²) in [6, 6.07) is 26.1. The van der Waals surface area contributed by atoms with Gasteiger partial charge in [0.25, 0.3) is 0 Å². The molecule has 1 nitrogen and oxygen atoms in total. The lowest BCUT2D eigenvalue weighted by molar-refractivity contribution is 1.57. The summed E-state index contributed by atoms with van der Waals surface area (Å²) in [5.74, 6) is 0. The van der Waals surface area contributed by atoms with Crippen LogP contribution in [0.3, 0.4) is 0 Å². The second-order valence-corrected chi connectivity index (χ2v) is 7.29. The standard InChI is InChI=1S/C22H13NS/c1-3-9-15-13(7-1)14-8-2-4-10-16(14)21-19(15)20-22(24-21)17-11-5-6-12-18(17)23-20/h1-12,23H. The normalized spacial score (nSPS) is 12.2.